The first-order chi connectivity index (χ1) is 12.2. The molecule has 6 nitrogen and oxygen atoms in total. The fourth-order valence-electron chi connectivity index (χ4n) is 2.69. The molecule has 2 aromatic rings. The Hall–Kier alpha value is -2.96. The predicted molar refractivity (Wildman–Crippen MR) is 93.4 cm³/mol. The average molecular weight is 360 g/mol. The van der Waals surface area contributed by atoms with E-state index in [2.05, 4.69) is 10.3 Å². The van der Waals surface area contributed by atoms with Gasteiger partial charge in [-0.25, -0.2) is 9.18 Å². The Bertz CT molecular complexity index is 840. The number of carbonyl (C=O) groups excluding carboxylic acids is 3. The third kappa shape index (κ3) is 4.36. The topological polar surface area (TPSA) is 88.3 Å². The Balaban J connectivity index is 1.98. The Labute approximate surface area is 150 Å². The van der Waals surface area contributed by atoms with Crippen molar-refractivity contribution in [3.63, 3.8) is 0 Å². The standard InChI is InChI=1S/C19H21FN2O4/c1-10-16(12(3)23)11(2)22-17(10)19(25)26-13(4)18(24)21-9-14-5-7-15(20)8-6-14/h5-8,13,22H,9H2,1-4H3,(H,21,24)/t13-/m1/s1. The number of H-pyrrole nitrogens is 1. The van der Waals surface area contributed by atoms with E-state index in [1.54, 1.807) is 26.0 Å². The lowest BCUT2D eigenvalue weighted by Crippen LogP contribution is -2.35. The molecule has 0 fully saturated rings. The summed E-state index contributed by atoms with van der Waals surface area (Å²) in [4.78, 5) is 38.9. The molecule has 0 saturated heterocycles. The molecule has 1 atom stereocenters. The lowest BCUT2D eigenvalue weighted by atomic mass is 10.1. The highest BCUT2D eigenvalue weighted by molar-refractivity contribution is 6.01. The average Bonchev–Trinajstić information content (AvgIpc) is 2.88. The third-order valence-corrected chi connectivity index (χ3v) is 4.03. The van der Waals surface area contributed by atoms with Crippen LogP contribution in [-0.2, 0) is 16.1 Å². The number of nitrogens with one attached hydrogen (secondary N) is 2. The maximum absolute atomic E-state index is 12.9. The van der Waals surface area contributed by atoms with Gasteiger partial charge in [0.05, 0.1) is 0 Å². The van der Waals surface area contributed by atoms with Crippen molar-refractivity contribution in [3.05, 3.63) is 58.2 Å². The number of benzene rings is 1. The van der Waals surface area contributed by atoms with Gasteiger partial charge in [-0.1, -0.05) is 12.1 Å². The molecule has 1 aromatic carbocycles. The van der Waals surface area contributed by atoms with Crippen LogP contribution in [0.4, 0.5) is 4.39 Å². The van der Waals surface area contributed by atoms with E-state index in [0.717, 1.165) is 5.56 Å². The second-order valence-corrected chi connectivity index (χ2v) is 6.07. The molecule has 0 aliphatic carbocycles. The van der Waals surface area contributed by atoms with Gasteiger partial charge in [-0.2, -0.15) is 0 Å². The van der Waals surface area contributed by atoms with Gasteiger partial charge in [-0.15, -0.1) is 0 Å². The molecule has 26 heavy (non-hydrogen) atoms. The minimum absolute atomic E-state index is 0.152. The number of halogens is 1. The summed E-state index contributed by atoms with van der Waals surface area (Å²) in [7, 11) is 0. The number of carbonyl (C=O) groups is 3. The van der Waals surface area contributed by atoms with E-state index in [4.69, 9.17) is 4.74 Å². The largest absolute Gasteiger partial charge is 0.448 e. The molecule has 1 amide bonds. The number of amides is 1. The van der Waals surface area contributed by atoms with E-state index in [9.17, 15) is 18.8 Å². The summed E-state index contributed by atoms with van der Waals surface area (Å²) >= 11 is 0. The zero-order chi connectivity index (χ0) is 19.4. The van der Waals surface area contributed by atoms with Crippen molar-refractivity contribution in [3.8, 4) is 0 Å². The minimum Gasteiger partial charge on any atom is -0.448 e. The molecule has 0 spiro atoms. The van der Waals surface area contributed by atoms with Crippen LogP contribution in [0.5, 0.6) is 0 Å². The second kappa shape index (κ2) is 7.95. The molecule has 0 aliphatic rings. The first kappa shape index (κ1) is 19.4. The van der Waals surface area contributed by atoms with Gasteiger partial charge >= 0.3 is 5.97 Å². The van der Waals surface area contributed by atoms with Gasteiger partial charge in [0, 0.05) is 17.8 Å². The van der Waals surface area contributed by atoms with Crippen molar-refractivity contribution in [1.82, 2.24) is 10.3 Å². The third-order valence-electron chi connectivity index (χ3n) is 4.03. The van der Waals surface area contributed by atoms with Crippen LogP contribution in [0.1, 0.15) is 51.5 Å². The normalized spacial score (nSPS) is 11.7. The quantitative estimate of drug-likeness (QED) is 0.612. The number of Topliss-reactive ketones (excluding diaryl/α,β-unsaturated/α-hetero) is 1. The maximum atomic E-state index is 12.9. The van der Waals surface area contributed by atoms with E-state index in [-0.39, 0.29) is 23.8 Å². The second-order valence-electron chi connectivity index (χ2n) is 6.07. The Morgan fingerprint density at radius 1 is 1.19 bits per heavy atom. The first-order valence-electron chi connectivity index (χ1n) is 8.14. The van der Waals surface area contributed by atoms with Crippen molar-refractivity contribution >= 4 is 17.7 Å². The van der Waals surface area contributed by atoms with E-state index in [1.807, 2.05) is 0 Å². The van der Waals surface area contributed by atoms with Gasteiger partial charge in [-0.05, 0) is 51.0 Å². The molecule has 2 rings (SSSR count). The number of ketones is 1. The molecule has 0 radical (unpaired) electrons. The number of rotatable bonds is 6. The number of ether oxygens (including phenoxy) is 1. The van der Waals surface area contributed by atoms with Gasteiger partial charge in [0.25, 0.3) is 5.91 Å². The van der Waals surface area contributed by atoms with Gasteiger partial charge in [0.15, 0.2) is 11.9 Å². The summed E-state index contributed by atoms with van der Waals surface area (Å²) in [6.07, 6.45) is -1.02. The van der Waals surface area contributed by atoms with E-state index in [0.29, 0.717) is 16.8 Å². The lowest BCUT2D eigenvalue weighted by Gasteiger charge is -2.13. The van der Waals surface area contributed by atoms with Gasteiger partial charge < -0.3 is 15.0 Å². The number of hydrogen-bond donors (Lipinski definition) is 2. The fraction of sp³-hybridized carbons (Fsp3) is 0.316. The van der Waals surface area contributed by atoms with E-state index >= 15 is 0 Å². The smallest absolute Gasteiger partial charge is 0.355 e. The summed E-state index contributed by atoms with van der Waals surface area (Å²) in [5.74, 6) is -1.69. The van der Waals surface area contributed by atoms with Crippen LogP contribution in [0.3, 0.4) is 0 Å². The molecule has 1 heterocycles. The first-order valence-corrected chi connectivity index (χ1v) is 8.14. The Kier molecular flexibility index (Phi) is 5.92. The van der Waals surface area contributed by atoms with Crippen LogP contribution >= 0.6 is 0 Å². The van der Waals surface area contributed by atoms with Crippen molar-refractivity contribution in [2.45, 2.75) is 40.3 Å². The highest BCUT2D eigenvalue weighted by atomic mass is 19.1. The summed E-state index contributed by atoms with van der Waals surface area (Å²) in [6.45, 7) is 6.41. The van der Waals surface area contributed by atoms with Gasteiger partial charge in [0.1, 0.15) is 11.5 Å². The van der Waals surface area contributed by atoms with Crippen LogP contribution in [-0.4, -0.2) is 28.7 Å². The van der Waals surface area contributed by atoms with Crippen molar-refractivity contribution < 1.29 is 23.5 Å². The summed E-state index contributed by atoms with van der Waals surface area (Å²) in [5.41, 5.74) is 2.41. The summed E-state index contributed by atoms with van der Waals surface area (Å²) in [6, 6.07) is 5.71. The van der Waals surface area contributed by atoms with E-state index < -0.39 is 18.0 Å². The molecular weight excluding hydrogens is 339 g/mol. The fourth-order valence-corrected chi connectivity index (χ4v) is 2.69. The van der Waals surface area contributed by atoms with Crippen LogP contribution in [0.25, 0.3) is 0 Å². The van der Waals surface area contributed by atoms with Gasteiger partial charge in [0.2, 0.25) is 0 Å². The number of aryl methyl sites for hydroxylation is 1. The molecule has 1 aromatic heterocycles. The molecule has 0 bridgehead atoms. The lowest BCUT2D eigenvalue weighted by molar-refractivity contribution is -0.129. The molecule has 138 valence electrons. The van der Waals surface area contributed by atoms with Crippen LogP contribution < -0.4 is 5.32 Å². The molecule has 0 saturated carbocycles. The molecule has 7 heteroatoms. The van der Waals surface area contributed by atoms with Crippen molar-refractivity contribution in [2.75, 3.05) is 0 Å². The highest BCUT2D eigenvalue weighted by Crippen LogP contribution is 2.19. The summed E-state index contributed by atoms with van der Waals surface area (Å²) in [5, 5.41) is 2.62. The number of aromatic amines is 1. The van der Waals surface area contributed by atoms with Crippen LogP contribution in [0.2, 0.25) is 0 Å². The molecule has 0 unspecified atom stereocenters. The Morgan fingerprint density at radius 3 is 2.35 bits per heavy atom. The maximum Gasteiger partial charge on any atom is 0.355 e. The number of aromatic nitrogens is 1. The monoisotopic (exact) mass is 360 g/mol. The molecule has 0 aliphatic heterocycles. The summed E-state index contributed by atoms with van der Waals surface area (Å²) < 4.78 is 18.0. The molecular formula is C19H21FN2O4. The predicted octanol–water partition coefficient (Wildman–Crippen LogP) is 2.83. The zero-order valence-corrected chi connectivity index (χ0v) is 15.1. The Morgan fingerprint density at radius 2 is 1.81 bits per heavy atom. The van der Waals surface area contributed by atoms with Gasteiger partial charge in [-0.3, -0.25) is 9.59 Å². The van der Waals surface area contributed by atoms with E-state index in [1.165, 1.54) is 26.0 Å². The highest BCUT2D eigenvalue weighted by Gasteiger charge is 2.24. The minimum atomic E-state index is -1.02. The molecule has 2 N–H and O–H groups in total. The number of hydrogen-bond acceptors (Lipinski definition) is 4. The van der Waals surface area contributed by atoms with Crippen molar-refractivity contribution in [2.24, 2.45) is 0 Å². The SMILES string of the molecule is CC(=O)c1c(C)[nH]c(C(=O)O[C@H](C)C(=O)NCc2ccc(F)cc2)c1C. The zero-order valence-electron chi connectivity index (χ0n) is 15.1. The number of esters is 1. The van der Waals surface area contributed by atoms with Crippen LogP contribution in [0.15, 0.2) is 24.3 Å². The van der Waals surface area contributed by atoms with Crippen LogP contribution in [0, 0.1) is 19.7 Å². The van der Waals surface area contributed by atoms with Crippen molar-refractivity contribution in [1.29, 1.82) is 0 Å².